The van der Waals surface area contributed by atoms with Crippen LogP contribution in [-0.2, 0) is 27.5 Å². The first kappa shape index (κ1) is 19.7. The Balaban J connectivity index is 1.52. The van der Waals surface area contributed by atoms with Gasteiger partial charge < -0.3 is 14.2 Å². The number of rotatable bonds is 7. The van der Waals surface area contributed by atoms with Crippen LogP contribution in [0, 0.1) is 0 Å². The number of hydrogen-bond acceptors (Lipinski definition) is 6. The van der Waals surface area contributed by atoms with E-state index in [-0.39, 0.29) is 32.0 Å². The lowest BCUT2D eigenvalue weighted by atomic mass is 10.1. The Morgan fingerprint density at radius 1 is 1.19 bits per heavy atom. The van der Waals surface area contributed by atoms with Crippen molar-refractivity contribution in [1.82, 2.24) is 0 Å². The summed E-state index contributed by atoms with van der Waals surface area (Å²) in [4.78, 5) is 25.3. The van der Waals surface area contributed by atoms with E-state index in [1.807, 2.05) is 18.4 Å². The molecular formula is C20H19ClO5S. The summed E-state index contributed by atoms with van der Waals surface area (Å²) < 4.78 is 16.0. The van der Waals surface area contributed by atoms with Gasteiger partial charge in [-0.3, -0.25) is 9.59 Å². The van der Waals surface area contributed by atoms with Crippen LogP contribution in [0.5, 0.6) is 5.75 Å². The summed E-state index contributed by atoms with van der Waals surface area (Å²) in [5.74, 6) is 0.119. The van der Waals surface area contributed by atoms with E-state index in [1.54, 1.807) is 36.0 Å². The molecule has 0 aliphatic carbocycles. The summed E-state index contributed by atoms with van der Waals surface area (Å²) in [5.41, 5.74) is 2.11. The third-order valence-corrected chi connectivity index (χ3v) is 5.07. The van der Waals surface area contributed by atoms with Gasteiger partial charge in [-0.1, -0.05) is 23.7 Å². The van der Waals surface area contributed by atoms with Gasteiger partial charge in [0.15, 0.2) is 12.6 Å². The van der Waals surface area contributed by atoms with E-state index in [4.69, 9.17) is 25.8 Å². The van der Waals surface area contributed by atoms with Crippen molar-refractivity contribution in [2.75, 3.05) is 13.0 Å². The van der Waals surface area contributed by atoms with Crippen LogP contribution in [0.4, 0.5) is 0 Å². The third kappa shape index (κ3) is 5.25. The highest BCUT2D eigenvalue weighted by Crippen LogP contribution is 2.32. The molecule has 1 aliphatic heterocycles. The third-order valence-electron chi connectivity index (χ3n) is 4.11. The molecular weight excluding hydrogens is 388 g/mol. The van der Waals surface area contributed by atoms with Gasteiger partial charge in [-0.25, -0.2) is 0 Å². The largest absolute Gasteiger partial charge is 0.467 e. The number of esters is 1. The SMILES string of the molecule is CSc1ccc(C(=O)CCC(=O)OCc2cc(Cl)cc3c2OCOC3)cc1. The average molecular weight is 407 g/mol. The Bertz CT molecular complexity index is 835. The first-order chi connectivity index (χ1) is 13.1. The van der Waals surface area contributed by atoms with Crippen LogP contribution >= 0.6 is 23.4 Å². The molecule has 7 heteroatoms. The smallest absolute Gasteiger partial charge is 0.306 e. The minimum atomic E-state index is -0.440. The van der Waals surface area contributed by atoms with Crippen molar-refractivity contribution in [2.45, 2.75) is 31.0 Å². The molecule has 0 saturated heterocycles. The molecule has 3 rings (SSSR count). The van der Waals surface area contributed by atoms with Crippen molar-refractivity contribution in [3.8, 4) is 5.75 Å². The maximum Gasteiger partial charge on any atom is 0.306 e. The number of carbonyl (C=O) groups excluding carboxylic acids is 2. The van der Waals surface area contributed by atoms with Gasteiger partial charge in [-0.15, -0.1) is 11.8 Å². The quantitative estimate of drug-likeness (QED) is 0.379. The summed E-state index contributed by atoms with van der Waals surface area (Å²) in [6.07, 6.45) is 2.10. The second-order valence-corrected chi connectivity index (χ2v) is 7.29. The lowest BCUT2D eigenvalue weighted by molar-refractivity contribution is -0.145. The first-order valence-electron chi connectivity index (χ1n) is 8.41. The predicted molar refractivity (Wildman–Crippen MR) is 103 cm³/mol. The number of fused-ring (bicyclic) bond motifs is 1. The minimum Gasteiger partial charge on any atom is -0.467 e. The van der Waals surface area contributed by atoms with E-state index in [2.05, 4.69) is 0 Å². The van der Waals surface area contributed by atoms with E-state index in [0.717, 1.165) is 10.5 Å². The van der Waals surface area contributed by atoms with Crippen molar-refractivity contribution in [2.24, 2.45) is 0 Å². The van der Waals surface area contributed by atoms with Gasteiger partial charge in [-0.2, -0.15) is 0 Å². The number of benzene rings is 2. The summed E-state index contributed by atoms with van der Waals surface area (Å²) in [6, 6.07) is 10.8. The second kappa shape index (κ2) is 9.26. The number of ether oxygens (including phenoxy) is 3. The van der Waals surface area contributed by atoms with E-state index in [9.17, 15) is 9.59 Å². The molecule has 0 aromatic heterocycles. The van der Waals surface area contributed by atoms with Crippen LogP contribution in [0.15, 0.2) is 41.3 Å². The van der Waals surface area contributed by atoms with Crippen molar-refractivity contribution in [3.05, 3.63) is 58.1 Å². The molecule has 2 aromatic rings. The predicted octanol–water partition coefficient (Wildman–Crippen LogP) is 4.63. The average Bonchev–Trinajstić information content (AvgIpc) is 2.70. The Morgan fingerprint density at radius 2 is 1.96 bits per heavy atom. The molecule has 0 unspecified atom stereocenters. The number of Topliss-reactive ketones (excluding diaryl/α,β-unsaturated/α-hetero) is 1. The highest BCUT2D eigenvalue weighted by molar-refractivity contribution is 7.98. The minimum absolute atomic E-state index is 0.0236. The molecule has 0 atom stereocenters. The van der Waals surface area contributed by atoms with Gasteiger partial charge in [0.2, 0.25) is 0 Å². The van der Waals surface area contributed by atoms with Gasteiger partial charge in [0, 0.05) is 33.0 Å². The summed E-state index contributed by atoms with van der Waals surface area (Å²) in [6.45, 7) is 0.596. The zero-order valence-electron chi connectivity index (χ0n) is 14.8. The Hall–Kier alpha value is -2.02. The molecule has 0 spiro atoms. The van der Waals surface area contributed by atoms with Crippen LogP contribution in [0.25, 0.3) is 0 Å². The molecule has 0 radical (unpaired) electrons. The van der Waals surface area contributed by atoms with E-state index in [1.165, 1.54) is 0 Å². The van der Waals surface area contributed by atoms with Crippen LogP contribution in [-0.4, -0.2) is 24.8 Å². The highest BCUT2D eigenvalue weighted by atomic mass is 35.5. The molecule has 27 heavy (non-hydrogen) atoms. The standard InChI is InChI=1S/C20H19ClO5S/c1-27-17-4-2-13(3-5-17)18(22)6-7-19(23)25-11-15-9-16(21)8-14-10-24-12-26-20(14)15/h2-5,8-9H,6-7,10-12H2,1H3. The monoisotopic (exact) mass is 406 g/mol. The molecule has 0 saturated carbocycles. The fraction of sp³-hybridized carbons (Fsp3) is 0.300. The second-order valence-electron chi connectivity index (χ2n) is 5.98. The zero-order valence-corrected chi connectivity index (χ0v) is 16.4. The molecule has 2 aromatic carbocycles. The maximum atomic E-state index is 12.2. The molecule has 0 amide bonds. The van der Waals surface area contributed by atoms with Crippen LogP contribution in [0.2, 0.25) is 5.02 Å². The molecule has 142 valence electrons. The van der Waals surface area contributed by atoms with Crippen LogP contribution in [0.1, 0.15) is 34.3 Å². The molecule has 0 N–H and O–H groups in total. The maximum absolute atomic E-state index is 12.2. The van der Waals surface area contributed by atoms with Crippen molar-refractivity contribution >= 4 is 35.1 Å². The molecule has 1 aliphatic rings. The number of ketones is 1. The number of thioether (sulfide) groups is 1. The van der Waals surface area contributed by atoms with Crippen molar-refractivity contribution in [3.63, 3.8) is 0 Å². The number of carbonyl (C=O) groups is 2. The van der Waals surface area contributed by atoms with Crippen molar-refractivity contribution in [1.29, 1.82) is 0 Å². The molecule has 0 bridgehead atoms. The van der Waals surface area contributed by atoms with Gasteiger partial charge in [0.05, 0.1) is 13.0 Å². The van der Waals surface area contributed by atoms with Gasteiger partial charge in [0.25, 0.3) is 0 Å². The topological polar surface area (TPSA) is 61.8 Å². The summed E-state index contributed by atoms with van der Waals surface area (Å²) in [7, 11) is 0. The van der Waals surface area contributed by atoms with Gasteiger partial charge >= 0.3 is 5.97 Å². The first-order valence-corrected chi connectivity index (χ1v) is 10.0. The molecule has 5 nitrogen and oxygen atoms in total. The fourth-order valence-corrected chi connectivity index (χ4v) is 3.40. The summed E-state index contributed by atoms with van der Waals surface area (Å²) in [5, 5.41) is 0.526. The molecule has 1 heterocycles. The fourth-order valence-electron chi connectivity index (χ4n) is 2.73. The zero-order chi connectivity index (χ0) is 19.2. The summed E-state index contributed by atoms with van der Waals surface area (Å²) >= 11 is 7.70. The van der Waals surface area contributed by atoms with Crippen LogP contribution < -0.4 is 4.74 Å². The Kier molecular flexibility index (Phi) is 6.77. The van der Waals surface area contributed by atoms with Gasteiger partial charge in [-0.05, 0) is 30.5 Å². The van der Waals surface area contributed by atoms with E-state index < -0.39 is 5.97 Å². The number of halogens is 1. The van der Waals surface area contributed by atoms with Crippen LogP contribution in [0.3, 0.4) is 0 Å². The Labute approximate surface area is 166 Å². The Morgan fingerprint density at radius 3 is 2.70 bits per heavy atom. The molecule has 0 fully saturated rings. The lowest BCUT2D eigenvalue weighted by Crippen LogP contribution is -2.14. The van der Waals surface area contributed by atoms with E-state index >= 15 is 0 Å². The normalized spacial score (nSPS) is 12.8. The van der Waals surface area contributed by atoms with E-state index in [0.29, 0.717) is 28.5 Å². The lowest BCUT2D eigenvalue weighted by Gasteiger charge is -2.21. The highest BCUT2D eigenvalue weighted by Gasteiger charge is 2.18. The van der Waals surface area contributed by atoms with Crippen molar-refractivity contribution < 1.29 is 23.8 Å². The number of hydrogen-bond donors (Lipinski definition) is 0. The van der Waals surface area contributed by atoms with Gasteiger partial charge in [0.1, 0.15) is 12.4 Å².